The molecule has 0 spiro atoms. The average molecular weight is 264 g/mol. The van der Waals surface area contributed by atoms with Crippen LogP contribution >= 0.6 is 0 Å². The molecular formula is C17H28O2. The molecule has 1 aliphatic heterocycles. The number of Topliss-reactive ketones (excluding diaryl/α,β-unsaturated/α-hetero) is 1. The van der Waals surface area contributed by atoms with Crippen LogP contribution < -0.4 is 0 Å². The molecule has 1 rings (SSSR count). The monoisotopic (exact) mass is 264 g/mol. The number of hydrogen-bond donors (Lipinski definition) is 0. The molecule has 1 heterocycles. The van der Waals surface area contributed by atoms with Gasteiger partial charge in [0.25, 0.3) is 0 Å². The fraction of sp³-hybridized carbons (Fsp3) is 0.706. The van der Waals surface area contributed by atoms with Gasteiger partial charge in [-0.1, -0.05) is 40.2 Å². The highest BCUT2D eigenvalue weighted by Gasteiger charge is 2.34. The smallest absolute Gasteiger partial charge is 0.168 e. The second kappa shape index (κ2) is 6.93. The molecule has 0 fully saturated rings. The van der Waals surface area contributed by atoms with E-state index in [1.165, 1.54) is 18.4 Å². The zero-order valence-electron chi connectivity index (χ0n) is 13.2. The molecule has 108 valence electrons. The zero-order chi connectivity index (χ0) is 14.6. The third-order valence-corrected chi connectivity index (χ3v) is 3.99. The summed E-state index contributed by atoms with van der Waals surface area (Å²) >= 11 is 0. The predicted octanol–water partition coefficient (Wildman–Crippen LogP) is 4.66. The first kappa shape index (κ1) is 16.0. The molecule has 3 atom stereocenters. The first-order chi connectivity index (χ1) is 8.92. The highest BCUT2D eigenvalue weighted by Crippen LogP contribution is 2.31. The molecule has 0 N–H and O–H groups in total. The number of ether oxygens (including phenoxy) is 1. The third-order valence-electron chi connectivity index (χ3n) is 3.99. The largest absolute Gasteiger partial charge is 0.489 e. The van der Waals surface area contributed by atoms with E-state index < -0.39 is 0 Å². The van der Waals surface area contributed by atoms with Crippen molar-refractivity contribution < 1.29 is 9.53 Å². The Morgan fingerprint density at radius 2 is 2.05 bits per heavy atom. The predicted molar refractivity (Wildman–Crippen MR) is 79.9 cm³/mol. The van der Waals surface area contributed by atoms with E-state index in [-0.39, 0.29) is 17.8 Å². The van der Waals surface area contributed by atoms with E-state index in [0.29, 0.717) is 5.92 Å². The normalized spacial score (nSPS) is 26.4. The molecule has 0 aromatic heterocycles. The Balaban J connectivity index is 2.93. The number of carbonyl (C=O) groups is 1. The minimum atomic E-state index is -0.0783. The summed E-state index contributed by atoms with van der Waals surface area (Å²) < 4.78 is 6.06. The number of rotatable bonds is 5. The standard InChI is InChI=1S/C17H28O2/c1-7-9-11(3)10-12(4)17-14(6)16(18)13(5)15(8-2)19-17/h10-11,14,17H,7-9H2,1-6H3/b12-10+/t11-,14+,17-/m1/s1. The van der Waals surface area contributed by atoms with Crippen LogP contribution in [0.5, 0.6) is 0 Å². The van der Waals surface area contributed by atoms with Gasteiger partial charge < -0.3 is 4.74 Å². The molecule has 0 bridgehead atoms. The molecular weight excluding hydrogens is 236 g/mol. The number of carbonyl (C=O) groups excluding carboxylic acids is 1. The van der Waals surface area contributed by atoms with Gasteiger partial charge in [-0.05, 0) is 31.8 Å². The van der Waals surface area contributed by atoms with Crippen LogP contribution in [-0.2, 0) is 9.53 Å². The molecule has 0 amide bonds. The van der Waals surface area contributed by atoms with Crippen LogP contribution in [0.3, 0.4) is 0 Å². The maximum Gasteiger partial charge on any atom is 0.168 e. The van der Waals surface area contributed by atoms with Gasteiger partial charge in [-0.2, -0.15) is 0 Å². The molecule has 2 heteroatoms. The van der Waals surface area contributed by atoms with E-state index in [1.54, 1.807) is 0 Å². The second-order valence-corrected chi connectivity index (χ2v) is 5.77. The van der Waals surface area contributed by atoms with Crippen LogP contribution in [0.1, 0.15) is 60.8 Å². The van der Waals surface area contributed by atoms with Crippen LogP contribution in [0.15, 0.2) is 23.0 Å². The lowest BCUT2D eigenvalue weighted by atomic mass is 9.86. The summed E-state index contributed by atoms with van der Waals surface area (Å²) in [6, 6.07) is 0. The van der Waals surface area contributed by atoms with Crippen LogP contribution in [0.4, 0.5) is 0 Å². The Morgan fingerprint density at radius 3 is 2.58 bits per heavy atom. The van der Waals surface area contributed by atoms with Crippen LogP contribution in [-0.4, -0.2) is 11.9 Å². The highest BCUT2D eigenvalue weighted by molar-refractivity contribution is 5.98. The lowest BCUT2D eigenvalue weighted by Gasteiger charge is -2.32. The van der Waals surface area contributed by atoms with E-state index in [9.17, 15) is 4.79 Å². The maximum absolute atomic E-state index is 12.3. The van der Waals surface area contributed by atoms with Gasteiger partial charge in [0.1, 0.15) is 11.9 Å². The molecule has 1 aliphatic rings. The van der Waals surface area contributed by atoms with E-state index in [0.717, 1.165) is 17.8 Å². The summed E-state index contributed by atoms with van der Waals surface area (Å²) in [5, 5.41) is 0. The molecule has 2 nitrogen and oxygen atoms in total. The fourth-order valence-corrected chi connectivity index (χ4v) is 2.88. The van der Waals surface area contributed by atoms with Crippen LogP contribution in [0, 0.1) is 11.8 Å². The first-order valence-corrected chi connectivity index (χ1v) is 7.51. The first-order valence-electron chi connectivity index (χ1n) is 7.51. The van der Waals surface area contributed by atoms with E-state index >= 15 is 0 Å². The topological polar surface area (TPSA) is 26.3 Å². The quantitative estimate of drug-likeness (QED) is 0.675. The third kappa shape index (κ3) is 3.71. The van der Waals surface area contributed by atoms with E-state index in [4.69, 9.17) is 4.74 Å². The lowest BCUT2D eigenvalue weighted by molar-refractivity contribution is -0.124. The van der Waals surface area contributed by atoms with Gasteiger partial charge in [0.2, 0.25) is 0 Å². The van der Waals surface area contributed by atoms with Crippen molar-refractivity contribution in [3.63, 3.8) is 0 Å². The van der Waals surface area contributed by atoms with Crippen molar-refractivity contribution in [2.75, 3.05) is 0 Å². The number of hydrogen-bond acceptors (Lipinski definition) is 2. The highest BCUT2D eigenvalue weighted by atomic mass is 16.5. The summed E-state index contributed by atoms with van der Waals surface area (Å²) in [6.45, 7) is 12.4. The van der Waals surface area contributed by atoms with Crippen LogP contribution in [0.25, 0.3) is 0 Å². The van der Waals surface area contributed by atoms with Gasteiger partial charge >= 0.3 is 0 Å². The van der Waals surface area contributed by atoms with Crippen molar-refractivity contribution in [2.24, 2.45) is 11.8 Å². The minimum Gasteiger partial charge on any atom is -0.489 e. The van der Waals surface area contributed by atoms with E-state index in [1.807, 2.05) is 20.8 Å². The van der Waals surface area contributed by atoms with Crippen LogP contribution in [0.2, 0.25) is 0 Å². The van der Waals surface area contributed by atoms with Gasteiger partial charge in [0.05, 0.1) is 5.92 Å². The summed E-state index contributed by atoms with van der Waals surface area (Å²) in [6.07, 6.45) is 5.35. The summed E-state index contributed by atoms with van der Waals surface area (Å²) in [5.41, 5.74) is 2.00. The van der Waals surface area contributed by atoms with Gasteiger partial charge in [-0.3, -0.25) is 4.79 Å². The van der Waals surface area contributed by atoms with Gasteiger partial charge in [-0.25, -0.2) is 0 Å². The molecule has 0 aliphatic carbocycles. The number of ketones is 1. The average Bonchev–Trinajstić information content (AvgIpc) is 2.36. The minimum absolute atomic E-state index is 0.0691. The molecule has 19 heavy (non-hydrogen) atoms. The molecule has 0 saturated carbocycles. The number of allylic oxidation sites excluding steroid dienone is 3. The molecule has 0 unspecified atom stereocenters. The van der Waals surface area contributed by atoms with Crippen molar-refractivity contribution in [2.45, 2.75) is 66.9 Å². The Bertz CT molecular complexity index is 390. The van der Waals surface area contributed by atoms with Crippen molar-refractivity contribution >= 4 is 5.78 Å². The maximum atomic E-state index is 12.3. The summed E-state index contributed by atoms with van der Waals surface area (Å²) in [4.78, 5) is 12.3. The van der Waals surface area contributed by atoms with Crippen molar-refractivity contribution in [3.8, 4) is 0 Å². The molecule has 0 radical (unpaired) electrons. The van der Waals surface area contributed by atoms with Crippen molar-refractivity contribution in [3.05, 3.63) is 23.0 Å². The lowest BCUT2D eigenvalue weighted by Crippen LogP contribution is -2.35. The Morgan fingerprint density at radius 1 is 1.42 bits per heavy atom. The Hall–Kier alpha value is -1.05. The van der Waals surface area contributed by atoms with E-state index in [2.05, 4.69) is 26.8 Å². The Kier molecular flexibility index (Phi) is 5.84. The molecule has 0 aromatic carbocycles. The Labute approximate surface area is 117 Å². The second-order valence-electron chi connectivity index (χ2n) is 5.77. The molecule has 0 saturated heterocycles. The summed E-state index contributed by atoms with van der Waals surface area (Å²) in [7, 11) is 0. The SMILES string of the molecule is CCC[C@@H](C)/C=C(\C)[C@H]1OC(CC)=C(C)C(=O)[C@@H]1C. The fourth-order valence-electron chi connectivity index (χ4n) is 2.88. The van der Waals surface area contributed by atoms with Gasteiger partial charge in [0.15, 0.2) is 5.78 Å². The molecule has 0 aromatic rings. The van der Waals surface area contributed by atoms with Gasteiger partial charge in [0, 0.05) is 12.0 Å². The summed E-state index contributed by atoms with van der Waals surface area (Å²) in [5.74, 6) is 1.58. The van der Waals surface area contributed by atoms with Crippen molar-refractivity contribution in [1.29, 1.82) is 0 Å². The zero-order valence-corrected chi connectivity index (χ0v) is 13.2. The van der Waals surface area contributed by atoms with Crippen molar-refractivity contribution in [1.82, 2.24) is 0 Å². The van der Waals surface area contributed by atoms with Gasteiger partial charge in [-0.15, -0.1) is 0 Å².